The summed E-state index contributed by atoms with van der Waals surface area (Å²) in [4.78, 5) is 9.90. The molecule has 5 nitrogen and oxygen atoms in total. The number of hydrogen-bond acceptors (Lipinski definition) is 4. The molecule has 0 heterocycles. The first-order valence-corrected chi connectivity index (χ1v) is 5.41. The molecule has 2 N–H and O–H groups in total. The summed E-state index contributed by atoms with van der Waals surface area (Å²) in [5, 5.41) is 22.8. The minimum atomic E-state index is -0.884. The van der Waals surface area contributed by atoms with E-state index >= 15 is 0 Å². The van der Waals surface area contributed by atoms with E-state index in [1.165, 1.54) is 12.1 Å². The molecule has 0 aromatic heterocycles. The Morgan fingerprint density at radius 2 is 2.29 bits per heavy atom. The molecule has 0 saturated heterocycles. The first-order chi connectivity index (χ1) is 8.06. The zero-order chi connectivity index (χ0) is 12.8. The van der Waals surface area contributed by atoms with E-state index in [1.54, 1.807) is 0 Å². The summed E-state index contributed by atoms with van der Waals surface area (Å²) >= 11 is 0. The molecule has 94 valence electrons. The monoisotopic (exact) mass is 242 g/mol. The molecular formula is C11H15FN2O3. The molecule has 0 aliphatic carbocycles. The van der Waals surface area contributed by atoms with Crippen molar-refractivity contribution in [2.24, 2.45) is 0 Å². The number of hydrogen-bond donors (Lipinski definition) is 2. The minimum Gasteiger partial charge on any atom is -0.391 e. The van der Waals surface area contributed by atoms with Crippen molar-refractivity contribution in [2.45, 2.75) is 25.9 Å². The van der Waals surface area contributed by atoms with Crippen molar-refractivity contribution >= 4 is 11.4 Å². The van der Waals surface area contributed by atoms with Gasteiger partial charge in [0.15, 0.2) is 0 Å². The van der Waals surface area contributed by atoms with E-state index < -0.39 is 22.5 Å². The highest BCUT2D eigenvalue weighted by atomic mass is 19.1. The SMILES string of the molecule is CCC[C@@H](O)CNc1cccc(F)c1[N+](=O)[O-]. The summed E-state index contributed by atoms with van der Waals surface area (Å²) in [6.45, 7) is 2.09. The fourth-order valence-corrected chi connectivity index (χ4v) is 1.51. The molecule has 1 aromatic rings. The Kier molecular flexibility index (Phi) is 4.84. The number of aliphatic hydroxyl groups is 1. The lowest BCUT2D eigenvalue weighted by molar-refractivity contribution is -0.386. The van der Waals surface area contributed by atoms with E-state index in [-0.39, 0.29) is 12.2 Å². The number of benzene rings is 1. The number of nitro groups is 1. The molecule has 0 unspecified atom stereocenters. The number of nitrogens with one attached hydrogen (secondary N) is 1. The number of para-hydroxylation sites is 1. The summed E-state index contributed by atoms with van der Waals surface area (Å²) in [7, 11) is 0. The van der Waals surface area contributed by atoms with Crippen LogP contribution in [0.15, 0.2) is 18.2 Å². The molecule has 0 radical (unpaired) electrons. The molecule has 0 aliphatic rings. The zero-order valence-corrected chi connectivity index (χ0v) is 9.52. The number of halogens is 1. The van der Waals surface area contributed by atoms with E-state index in [9.17, 15) is 19.6 Å². The van der Waals surface area contributed by atoms with Crippen LogP contribution in [0.3, 0.4) is 0 Å². The second-order valence-corrected chi connectivity index (χ2v) is 3.72. The molecule has 1 rings (SSSR count). The van der Waals surface area contributed by atoms with E-state index in [0.29, 0.717) is 6.42 Å². The van der Waals surface area contributed by atoms with Crippen LogP contribution in [0.4, 0.5) is 15.8 Å². The van der Waals surface area contributed by atoms with Crippen LogP contribution in [-0.2, 0) is 0 Å². The Morgan fingerprint density at radius 3 is 2.88 bits per heavy atom. The average Bonchev–Trinajstić information content (AvgIpc) is 2.26. The Bertz CT molecular complexity index is 398. The quantitative estimate of drug-likeness (QED) is 0.593. The molecular weight excluding hydrogens is 227 g/mol. The third kappa shape index (κ3) is 3.67. The fraction of sp³-hybridized carbons (Fsp3) is 0.455. The van der Waals surface area contributed by atoms with E-state index in [1.807, 2.05) is 6.92 Å². The number of anilines is 1. The second-order valence-electron chi connectivity index (χ2n) is 3.72. The second kappa shape index (κ2) is 6.15. The number of aliphatic hydroxyl groups excluding tert-OH is 1. The molecule has 0 saturated carbocycles. The molecule has 0 fully saturated rings. The topological polar surface area (TPSA) is 75.4 Å². The Labute approximate surface area is 98.4 Å². The lowest BCUT2D eigenvalue weighted by atomic mass is 10.2. The van der Waals surface area contributed by atoms with E-state index in [0.717, 1.165) is 12.5 Å². The van der Waals surface area contributed by atoms with Gasteiger partial charge >= 0.3 is 5.69 Å². The maximum atomic E-state index is 13.2. The van der Waals surface area contributed by atoms with Crippen LogP contribution >= 0.6 is 0 Å². The zero-order valence-electron chi connectivity index (χ0n) is 9.52. The van der Waals surface area contributed by atoms with Gasteiger partial charge in [0.1, 0.15) is 5.69 Å². The molecule has 0 spiro atoms. The van der Waals surface area contributed by atoms with Gasteiger partial charge in [0, 0.05) is 6.54 Å². The molecule has 0 amide bonds. The lowest BCUT2D eigenvalue weighted by Crippen LogP contribution is -2.19. The van der Waals surface area contributed by atoms with Gasteiger partial charge in [0.05, 0.1) is 11.0 Å². The highest BCUT2D eigenvalue weighted by Gasteiger charge is 2.19. The highest BCUT2D eigenvalue weighted by Crippen LogP contribution is 2.27. The summed E-state index contributed by atoms with van der Waals surface area (Å²) in [5.41, 5.74) is -0.499. The number of nitro benzene ring substituents is 1. The minimum absolute atomic E-state index is 0.0881. The highest BCUT2D eigenvalue weighted by molar-refractivity contribution is 5.61. The number of rotatable bonds is 6. The van der Waals surface area contributed by atoms with Gasteiger partial charge in [-0.25, -0.2) is 0 Å². The smallest absolute Gasteiger partial charge is 0.327 e. The van der Waals surface area contributed by atoms with Gasteiger partial charge in [-0.2, -0.15) is 4.39 Å². The largest absolute Gasteiger partial charge is 0.391 e. The van der Waals surface area contributed by atoms with Gasteiger partial charge in [0.25, 0.3) is 0 Å². The van der Waals surface area contributed by atoms with E-state index in [2.05, 4.69) is 5.32 Å². The van der Waals surface area contributed by atoms with Crippen LogP contribution < -0.4 is 5.32 Å². The predicted octanol–water partition coefficient (Wildman–Crippen LogP) is 2.31. The predicted molar refractivity (Wildman–Crippen MR) is 62.5 cm³/mol. The Morgan fingerprint density at radius 1 is 1.59 bits per heavy atom. The van der Waals surface area contributed by atoms with Crippen molar-refractivity contribution in [2.75, 3.05) is 11.9 Å². The third-order valence-electron chi connectivity index (χ3n) is 2.32. The van der Waals surface area contributed by atoms with E-state index in [4.69, 9.17) is 0 Å². The third-order valence-corrected chi connectivity index (χ3v) is 2.32. The van der Waals surface area contributed by atoms with Crippen molar-refractivity contribution in [3.05, 3.63) is 34.1 Å². The Hall–Kier alpha value is -1.69. The van der Waals surface area contributed by atoms with Crippen molar-refractivity contribution in [3.63, 3.8) is 0 Å². The molecule has 1 atom stereocenters. The van der Waals surface area contributed by atoms with Crippen molar-refractivity contribution in [1.82, 2.24) is 0 Å². The normalized spacial score (nSPS) is 12.2. The summed E-state index contributed by atoms with van der Waals surface area (Å²) in [6.07, 6.45) is 0.812. The fourth-order valence-electron chi connectivity index (χ4n) is 1.51. The van der Waals surface area contributed by atoms with Crippen LogP contribution in [0.1, 0.15) is 19.8 Å². The van der Waals surface area contributed by atoms with Gasteiger partial charge in [0.2, 0.25) is 5.82 Å². The summed E-state index contributed by atoms with van der Waals surface area (Å²) < 4.78 is 13.2. The average molecular weight is 242 g/mol. The molecule has 0 aliphatic heterocycles. The first kappa shape index (κ1) is 13.4. The van der Waals surface area contributed by atoms with Gasteiger partial charge < -0.3 is 10.4 Å². The number of nitrogens with zero attached hydrogens (tertiary/aromatic N) is 1. The Balaban J connectivity index is 2.77. The molecule has 0 bridgehead atoms. The standard InChI is InChI=1S/C11H15FN2O3/c1-2-4-8(15)7-13-10-6-3-5-9(12)11(10)14(16)17/h3,5-6,8,13,15H,2,4,7H2,1H3/t8-/m1/s1. The maximum Gasteiger partial charge on any atom is 0.327 e. The molecule has 6 heteroatoms. The van der Waals surface area contributed by atoms with Crippen LogP contribution in [0, 0.1) is 15.9 Å². The van der Waals surface area contributed by atoms with Crippen molar-refractivity contribution < 1.29 is 14.4 Å². The van der Waals surface area contributed by atoms with Crippen LogP contribution in [0.25, 0.3) is 0 Å². The molecule has 17 heavy (non-hydrogen) atoms. The maximum absolute atomic E-state index is 13.2. The van der Waals surface area contributed by atoms with Crippen LogP contribution in [0.5, 0.6) is 0 Å². The van der Waals surface area contributed by atoms with Crippen molar-refractivity contribution in [1.29, 1.82) is 0 Å². The molecule has 1 aromatic carbocycles. The van der Waals surface area contributed by atoms with Gasteiger partial charge in [-0.3, -0.25) is 10.1 Å². The van der Waals surface area contributed by atoms with Crippen molar-refractivity contribution in [3.8, 4) is 0 Å². The first-order valence-electron chi connectivity index (χ1n) is 5.41. The van der Waals surface area contributed by atoms with Gasteiger partial charge in [-0.15, -0.1) is 0 Å². The summed E-state index contributed by atoms with van der Waals surface area (Å²) in [6, 6.07) is 3.84. The lowest BCUT2D eigenvalue weighted by Gasteiger charge is -2.11. The van der Waals surface area contributed by atoms with Gasteiger partial charge in [-0.1, -0.05) is 19.4 Å². The van der Waals surface area contributed by atoms with Crippen LogP contribution in [-0.4, -0.2) is 22.7 Å². The summed E-state index contributed by atoms with van der Waals surface area (Å²) in [5.74, 6) is -0.884. The van der Waals surface area contributed by atoms with Gasteiger partial charge in [-0.05, 0) is 18.6 Å². The van der Waals surface area contributed by atoms with Crippen LogP contribution in [0.2, 0.25) is 0 Å².